The van der Waals surface area contributed by atoms with Crippen LogP contribution in [0.2, 0.25) is 5.02 Å². The molecule has 168 valence electrons. The zero-order valence-electron chi connectivity index (χ0n) is 17.5. The lowest BCUT2D eigenvalue weighted by atomic mass is 10.1. The normalized spacial score (nSPS) is 12.0. The molecule has 2 N–H and O–H groups in total. The molecular weight excluding hydrogens is 452 g/mol. The summed E-state index contributed by atoms with van der Waals surface area (Å²) in [6.45, 7) is 1.55. The number of amides is 1. The molecule has 0 saturated heterocycles. The molecule has 3 aromatic carbocycles. The summed E-state index contributed by atoms with van der Waals surface area (Å²) >= 11 is 6.20. The summed E-state index contributed by atoms with van der Waals surface area (Å²) < 4.78 is 38.4. The maximum absolute atomic E-state index is 12.6. The number of hydrogen-bond acceptors (Lipinski definition) is 5. The fourth-order valence-corrected chi connectivity index (χ4v) is 4.40. The Morgan fingerprint density at radius 3 is 2.38 bits per heavy atom. The van der Waals surface area contributed by atoms with Gasteiger partial charge in [-0.25, -0.2) is 8.42 Å². The topological polar surface area (TPSA) is 93.7 Å². The molecule has 1 atom stereocenters. The summed E-state index contributed by atoms with van der Waals surface area (Å²) in [6, 6.07) is 19.7. The Morgan fingerprint density at radius 1 is 1.00 bits per heavy atom. The molecule has 0 aliphatic heterocycles. The molecule has 0 saturated carbocycles. The minimum Gasteiger partial charge on any atom is -0.496 e. The van der Waals surface area contributed by atoms with E-state index in [0.717, 1.165) is 5.56 Å². The number of nitrogens with one attached hydrogen (secondary N) is 2. The molecule has 0 aliphatic rings. The van der Waals surface area contributed by atoms with Gasteiger partial charge in [-0.3, -0.25) is 9.52 Å². The van der Waals surface area contributed by atoms with Gasteiger partial charge < -0.3 is 14.8 Å². The molecule has 0 aromatic heterocycles. The third-order valence-electron chi connectivity index (χ3n) is 4.58. The van der Waals surface area contributed by atoms with E-state index in [4.69, 9.17) is 21.1 Å². The number of hydrogen-bond donors (Lipinski definition) is 2. The number of carbonyl (C=O) groups excluding carboxylic acids is 1. The van der Waals surface area contributed by atoms with Crippen LogP contribution in [0.15, 0.2) is 77.7 Å². The molecule has 1 unspecified atom stereocenters. The highest BCUT2D eigenvalue weighted by atomic mass is 35.5. The molecule has 0 heterocycles. The van der Waals surface area contributed by atoms with Gasteiger partial charge in [0, 0.05) is 11.3 Å². The number of halogens is 1. The molecule has 0 radical (unpaired) electrons. The predicted molar refractivity (Wildman–Crippen MR) is 124 cm³/mol. The van der Waals surface area contributed by atoms with Gasteiger partial charge in [0.1, 0.15) is 11.5 Å². The highest BCUT2D eigenvalue weighted by molar-refractivity contribution is 7.92. The van der Waals surface area contributed by atoms with E-state index in [9.17, 15) is 13.2 Å². The van der Waals surface area contributed by atoms with Gasteiger partial charge in [-0.05, 0) is 43.3 Å². The van der Waals surface area contributed by atoms with E-state index in [2.05, 4.69) is 10.0 Å². The third kappa shape index (κ3) is 5.93. The molecule has 3 rings (SSSR count). The van der Waals surface area contributed by atoms with Crippen LogP contribution in [0.25, 0.3) is 0 Å². The molecule has 1 amide bonds. The molecule has 9 heteroatoms. The number of carbonyl (C=O) groups is 1. The number of methoxy groups -OCH3 is 1. The van der Waals surface area contributed by atoms with Crippen LogP contribution in [0, 0.1) is 0 Å². The Balaban J connectivity index is 1.61. The van der Waals surface area contributed by atoms with Crippen molar-refractivity contribution >= 4 is 33.2 Å². The summed E-state index contributed by atoms with van der Waals surface area (Å²) in [4.78, 5) is 12.3. The van der Waals surface area contributed by atoms with Crippen molar-refractivity contribution < 1.29 is 22.7 Å². The lowest BCUT2D eigenvalue weighted by Crippen LogP contribution is -2.31. The molecule has 0 bridgehead atoms. The van der Waals surface area contributed by atoms with Crippen molar-refractivity contribution in [2.24, 2.45) is 0 Å². The molecular formula is C23H23ClN2O5S. The van der Waals surface area contributed by atoms with Crippen molar-refractivity contribution in [2.45, 2.75) is 17.9 Å². The minimum atomic E-state index is -3.82. The van der Waals surface area contributed by atoms with Gasteiger partial charge >= 0.3 is 0 Å². The monoisotopic (exact) mass is 474 g/mol. The summed E-state index contributed by atoms with van der Waals surface area (Å²) in [6.07, 6.45) is 0. The van der Waals surface area contributed by atoms with E-state index >= 15 is 0 Å². The Hall–Kier alpha value is -3.23. The molecule has 7 nitrogen and oxygen atoms in total. The van der Waals surface area contributed by atoms with Crippen LogP contribution in [0.4, 0.5) is 5.69 Å². The highest BCUT2D eigenvalue weighted by Gasteiger charge is 2.18. The van der Waals surface area contributed by atoms with Crippen LogP contribution >= 0.6 is 11.6 Å². The Labute approximate surface area is 192 Å². The first-order chi connectivity index (χ1) is 15.3. The van der Waals surface area contributed by atoms with Crippen LogP contribution in [0.1, 0.15) is 18.5 Å². The number of ether oxygens (including phenoxy) is 2. The van der Waals surface area contributed by atoms with Crippen LogP contribution in [-0.2, 0) is 14.8 Å². The van der Waals surface area contributed by atoms with Crippen LogP contribution in [-0.4, -0.2) is 28.0 Å². The third-order valence-corrected chi connectivity index (χ3v) is 6.26. The molecule has 32 heavy (non-hydrogen) atoms. The maximum Gasteiger partial charge on any atom is 0.261 e. The minimum absolute atomic E-state index is 0.0204. The van der Waals surface area contributed by atoms with E-state index in [1.807, 2.05) is 31.2 Å². The van der Waals surface area contributed by atoms with E-state index < -0.39 is 10.0 Å². The van der Waals surface area contributed by atoms with E-state index in [1.54, 1.807) is 37.4 Å². The lowest BCUT2D eigenvalue weighted by Gasteiger charge is -2.17. The molecule has 0 aliphatic carbocycles. The van der Waals surface area contributed by atoms with Crippen molar-refractivity contribution in [2.75, 3.05) is 18.4 Å². The summed E-state index contributed by atoms with van der Waals surface area (Å²) in [5.74, 6) is 0.512. The summed E-state index contributed by atoms with van der Waals surface area (Å²) in [5, 5.41) is 2.91. The standard InChI is InChI=1S/C23H23ClN2O5S/c1-16(19-10-6-7-11-21(19)30-2)25-23(27)15-31-22-13-12-18(14-20(22)24)32(28,29)26-17-8-4-3-5-9-17/h3-14,16,26H,15H2,1-2H3,(H,25,27). The van der Waals surface area contributed by atoms with Gasteiger partial charge in [0.25, 0.3) is 15.9 Å². The predicted octanol–water partition coefficient (Wildman–Crippen LogP) is 4.41. The lowest BCUT2D eigenvalue weighted by molar-refractivity contribution is -0.123. The number of para-hydroxylation sites is 2. The number of sulfonamides is 1. The van der Waals surface area contributed by atoms with Gasteiger partial charge in [0.15, 0.2) is 6.61 Å². The number of benzene rings is 3. The van der Waals surface area contributed by atoms with Crippen LogP contribution in [0.3, 0.4) is 0 Å². The van der Waals surface area contributed by atoms with Crippen molar-refractivity contribution in [3.05, 3.63) is 83.4 Å². The van der Waals surface area contributed by atoms with E-state index in [-0.39, 0.29) is 34.2 Å². The second-order valence-electron chi connectivity index (χ2n) is 6.88. The first-order valence-corrected chi connectivity index (χ1v) is 11.6. The zero-order valence-corrected chi connectivity index (χ0v) is 19.1. The average Bonchev–Trinajstić information content (AvgIpc) is 2.78. The van der Waals surface area contributed by atoms with E-state index in [1.165, 1.54) is 18.2 Å². The van der Waals surface area contributed by atoms with Crippen molar-refractivity contribution in [1.82, 2.24) is 5.32 Å². The van der Waals surface area contributed by atoms with Gasteiger partial charge in [-0.15, -0.1) is 0 Å². The number of anilines is 1. The van der Waals surface area contributed by atoms with Crippen LogP contribution < -0.4 is 19.5 Å². The number of rotatable bonds is 9. The molecule has 3 aromatic rings. The summed E-state index contributed by atoms with van der Waals surface area (Å²) in [7, 11) is -2.25. The fraction of sp³-hybridized carbons (Fsp3) is 0.174. The Morgan fingerprint density at radius 2 is 1.69 bits per heavy atom. The van der Waals surface area contributed by atoms with E-state index in [0.29, 0.717) is 11.4 Å². The van der Waals surface area contributed by atoms with Crippen molar-refractivity contribution in [3.8, 4) is 11.5 Å². The second kappa shape index (κ2) is 10.4. The quantitative estimate of drug-likeness (QED) is 0.479. The van der Waals surface area contributed by atoms with Crippen molar-refractivity contribution in [3.63, 3.8) is 0 Å². The maximum atomic E-state index is 12.6. The average molecular weight is 475 g/mol. The van der Waals surface area contributed by atoms with Crippen molar-refractivity contribution in [1.29, 1.82) is 0 Å². The van der Waals surface area contributed by atoms with Gasteiger partial charge in [0.2, 0.25) is 0 Å². The first-order valence-electron chi connectivity index (χ1n) is 9.72. The zero-order chi connectivity index (χ0) is 23.1. The molecule has 0 fully saturated rings. The highest BCUT2D eigenvalue weighted by Crippen LogP contribution is 2.28. The summed E-state index contributed by atoms with van der Waals surface area (Å²) in [5.41, 5.74) is 1.27. The smallest absolute Gasteiger partial charge is 0.261 e. The Kier molecular flexibility index (Phi) is 7.61. The van der Waals surface area contributed by atoms with Gasteiger partial charge in [-0.1, -0.05) is 48.0 Å². The fourth-order valence-electron chi connectivity index (χ4n) is 3.01. The first kappa shape index (κ1) is 23.4. The SMILES string of the molecule is COc1ccccc1C(C)NC(=O)COc1ccc(S(=O)(=O)Nc2ccccc2)cc1Cl. The second-order valence-corrected chi connectivity index (χ2v) is 8.97. The van der Waals surface area contributed by atoms with Crippen LogP contribution in [0.5, 0.6) is 11.5 Å². The Bertz CT molecular complexity index is 1190. The van der Waals surface area contributed by atoms with Gasteiger partial charge in [0.05, 0.1) is 23.1 Å². The molecule has 0 spiro atoms. The largest absolute Gasteiger partial charge is 0.496 e. The van der Waals surface area contributed by atoms with Gasteiger partial charge in [-0.2, -0.15) is 0 Å².